The van der Waals surface area contributed by atoms with E-state index in [4.69, 9.17) is 0 Å². The minimum absolute atomic E-state index is 0.0787. The van der Waals surface area contributed by atoms with E-state index >= 15 is 0 Å². The third-order valence-corrected chi connectivity index (χ3v) is 7.13. The molecule has 0 atom stereocenters. The molecule has 0 spiro atoms. The molecular weight excluding hydrogens is 408 g/mol. The fourth-order valence-corrected chi connectivity index (χ4v) is 4.71. The molecule has 0 saturated carbocycles. The van der Waals surface area contributed by atoms with E-state index in [0.29, 0.717) is 24.3 Å². The van der Waals surface area contributed by atoms with Gasteiger partial charge in [0, 0.05) is 25.7 Å². The molecule has 0 aromatic heterocycles. The van der Waals surface area contributed by atoms with Crippen LogP contribution in [0.3, 0.4) is 0 Å². The highest BCUT2D eigenvalue weighted by atomic mass is 32.2. The molecule has 0 fully saturated rings. The summed E-state index contributed by atoms with van der Waals surface area (Å²) >= 11 is 0. The zero-order chi connectivity index (χ0) is 22.6. The molecular formula is C25H28N2O3S. The summed E-state index contributed by atoms with van der Waals surface area (Å²) in [5.74, 6) is -0.0787. The molecule has 0 N–H and O–H groups in total. The molecule has 0 aliphatic carbocycles. The van der Waals surface area contributed by atoms with E-state index in [-0.39, 0.29) is 10.8 Å². The number of sulfonamides is 1. The molecule has 0 radical (unpaired) electrons. The molecule has 3 aromatic rings. The van der Waals surface area contributed by atoms with Crippen LogP contribution in [0, 0.1) is 13.8 Å². The molecule has 31 heavy (non-hydrogen) atoms. The Bertz CT molecular complexity index is 1160. The zero-order valence-corrected chi connectivity index (χ0v) is 19.2. The van der Waals surface area contributed by atoms with E-state index in [0.717, 1.165) is 16.7 Å². The molecule has 3 rings (SSSR count). The lowest BCUT2D eigenvalue weighted by Gasteiger charge is -2.24. The summed E-state index contributed by atoms with van der Waals surface area (Å²) in [5, 5.41) is 0. The van der Waals surface area contributed by atoms with Gasteiger partial charge in [-0.3, -0.25) is 9.10 Å². The van der Waals surface area contributed by atoms with Gasteiger partial charge in [0.2, 0.25) is 0 Å². The van der Waals surface area contributed by atoms with Gasteiger partial charge in [0.1, 0.15) is 0 Å². The topological polar surface area (TPSA) is 57.7 Å². The second kappa shape index (κ2) is 9.35. The van der Waals surface area contributed by atoms with Crippen LogP contribution in [0.5, 0.6) is 0 Å². The summed E-state index contributed by atoms with van der Waals surface area (Å²) in [5.41, 5.74) is 3.87. The lowest BCUT2D eigenvalue weighted by Crippen LogP contribution is -2.31. The summed E-state index contributed by atoms with van der Waals surface area (Å²) in [6.45, 7) is 6.79. The van der Waals surface area contributed by atoms with Gasteiger partial charge in [0.05, 0.1) is 10.6 Å². The van der Waals surface area contributed by atoms with Crippen LogP contribution in [0.4, 0.5) is 5.69 Å². The van der Waals surface area contributed by atoms with E-state index in [9.17, 15) is 13.2 Å². The highest BCUT2D eigenvalue weighted by molar-refractivity contribution is 7.92. The second-order valence-electron chi connectivity index (χ2n) is 7.59. The van der Waals surface area contributed by atoms with Crippen LogP contribution in [0.1, 0.15) is 34.0 Å². The highest BCUT2D eigenvalue weighted by Gasteiger charge is 2.23. The van der Waals surface area contributed by atoms with Crippen LogP contribution in [-0.4, -0.2) is 32.8 Å². The van der Waals surface area contributed by atoms with Gasteiger partial charge in [-0.25, -0.2) is 8.42 Å². The number of rotatable bonds is 7. The summed E-state index contributed by atoms with van der Waals surface area (Å²) in [4.78, 5) is 15.1. The molecule has 5 nitrogen and oxygen atoms in total. The summed E-state index contributed by atoms with van der Waals surface area (Å²) in [7, 11) is -2.15. The van der Waals surface area contributed by atoms with E-state index in [1.807, 2.05) is 51.1 Å². The minimum atomic E-state index is -3.69. The average Bonchev–Trinajstić information content (AvgIpc) is 2.77. The number of hydrogen-bond donors (Lipinski definition) is 0. The quantitative estimate of drug-likeness (QED) is 0.535. The van der Waals surface area contributed by atoms with E-state index in [1.165, 1.54) is 11.4 Å². The van der Waals surface area contributed by atoms with Crippen LogP contribution in [0.15, 0.2) is 77.7 Å². The maximum Gasteiger partial charge on any atom is 0.264 e. The molecule has 0 saturated heterocycles. The minimum Gasteiger partial charge on any atom is -0.335 e. The molecule has 0 bridgehead atoms. The van der Waals surface area contributed by atoms with Crippen LogP contribution >= 0.6 is 0 Å². The third-order valence-electron chi connectivity index (χ3n) is 5.35. The largest absolute Gasteiger partial charge is 0.335 e. The van der Waals surface area contributed by atoms with Crippen molar-refractivity contribution in [2.45, 2.75) is 32.2 Å². The molecule has 0 aliphatic heterocycles. The summed E-state index contributed by atoms with van der Waals surface area (Å²) in [6, 6.07) is 21.8. The first-order valence-electron chi connectivity index (χ1n) is 10.2. The fourth-order valence-electron chi connectivity index (χ4n) is 3.45. The van der Waals surface area contributed by atoms with E-state index in [2.05, 4.69) is 0 Å². The van der Waals surface area contributed by atoms with Crippen LogP contribution in [-0.2, 0) is 16.6 Å². The summed E-state index contributed by atoms with van der Waals surface area (Å²) in [6.07, 6.45) is 0. The fraction of sp³-hybridized carbons (Fsp3) is 0.240. The number of anilines is 1. The van der Waals surface area contributed by atoms with Gasteiger partial charge in [-0.2, -0.15) is 0 Å². The number of aryl methyl sites for hydroxylation is 2. The van der Waals surface area contributed by atoms with Crippen molar-refractivity contribution < 1.29 is 13.2 Å². The van der Waals surface area contributed by atoms with Crippen molar-refractivity contribution in [3.63, 3.8) is 0 Å². The predicted octanol–water partition coefficient (Wildman–Crippen LogP) is 4.79. The molecule has 1 amide bonds. The Morgan fingerprint density at radius 1 is 0.903 bits per heavy atom. The van der Waals surface area contributed by atoms with Gasteiger partial charge < -0.3 is 4.90 Å². The van der Waals surface area contributed by atoms with Crippen molar-refractivity contribution in [1.82, 2.24) is 4.90 Å². The van der Waals surface area contributed by atoms with Crippen molar-refractivity contribution in [2.24, 2.45) is 0 Å². The van der Waals surface area contributed by atoms with Gasteiger partial charge in [-0.05, 0) is 62.2 Å². The molecule has 162 valence electrons. The van der Waals surface area contributed by atoms with Gasteiger partial charge in [-0.15, -0.1) is 0 Å². The number of hydrogen-bond acceptors (Lipinski definition) is 3. The van der Waals surface area contributed by atoms with Crippen molar-refractivity contribution in [2.75, 3.05) is 17.9 Å². The normalized spacial score (nSPS) is 11.2. The predicted molar refractivity (Wildman–Crippen MR) is 125 cm³/mol. The van der Waals surface area contributed by atoms with Crippen molar-refractivity contribution in [1.29, 1.82) is 0 Å². The Morgan fingerprint density at radius 2 is 1.55 bits per heavy atom. The average molecular weight is 437 g/mol. The Labute approximate surface area is 185 Å². The van der Waals surface area contributed by atoms with Crippen LogP contribution in [0.25, 0.3) is 0 Å². The van der Waals surface area contributed by atoms with Crippen molar-refractivity contribution >= 4 is 21.6 Å². The third kappa shape index (κ3) is 4.97. The highest BCUT2D eigenvalue weighted by Crippen LogP contribution is 2.27. The second-order valence-corrected chi connectivity index (χ2v) is 9.56. The van der Waals surface area contributed by atoms with Crippen molar-refractivity contribution in [3.8, 4) is 0 Å². The van der Waals surface area contributed by atoms with Crippen LogP contribution < -0.4 is 4.31 Å². The van der Waals surface area contributed by atoms with E-state index in [1.54, 1.807) is 47.4 Å². The monoisotopic (exact) mass is 436 g/mol. The lowest BCUT2D eigenvalue weighted by molar-refractivity contribution is 0.0752. The van der Waals surface area contributed by atoms with Gasteiger partial charge in [0.15, 0.2) is 0 Å². The molecule has 0 aliphatic rings. The Kier molecular flexibility index (Phi) is 6.81. The number of carbonyl (C=O) groups is 1. The first-order valence-corrected chi connectivity index (χ1v) is 11.7. The lowest BCUT2D eigenvalue weighted by atomic mass is 10.1. The Morgan fingerprint density at radius 3 is 2.13 bits per heavy atom. The van der Waals surface area contributed by atoms with Gasteiger partial charge in [-0.1, -0.05) is 48.0 Å². The smallest absolute Gasteiger partial charge is 0.264 e. The standard InChI is InChI=1S/C25H28N2O3S/c1-5-27(18-21-9-7-6-8-10-21)25(28)22-13-16-24(20(3)17-22)26(4)31(29,30)23-14-11-19(2)12-15-23/h6-17H,5,18H2,1-4H3. The van der Waals surface area contributed by atoms with Gasteiger partial charge >= 0.3 is 0 Å². The Hall–Kier alpha value is -3.12. The van der Waals surface area contributed by atoms with Gasteiger partial charge in [0.25, 0.3) is 15.9 Å². The number of benzene rings is 3. The van der Waals surface area contributed by atoms with E-state index < -0.39 is 10.0 Å². The van der Waals surface area contributed by atoms with Crippen molar-refractivity contribution in [3.05, 3.63) is 95.1 Å². The molecule has 3 aromatic carbocycles. The molecule has 6 heteroatoms. The first kappa shape index (κ1) is 22.6. The number of nitrogens with zero attached hydrogens (tertiary/aromatic N) is 2. The maximum atomic E-state index is 13.1. The van der Waals surface area contributed by atoms with Crippen LogP contribution in [0.2, 0.25) is 0 Å². The maximum absolute atomic E-state index is 13.1. The summed E-state index contributed by atoms with van der Waals surface area (Å²) < 4.78 is 27.3. The zero-order valence-electron chi connectivity index (χ0n) is 18.4. The first-order chi connectivity index (χ1) is 14.7. The number of amides is 1. The SMILES string of the molecule is CCN(Cc1ccccc1)C(=O)c1ccc(N(C)S(=O)(=O)c2ccc(C)cc2)c(C)c1. The molecule has 0 heterocycles. The Balaban J connectivity index is 1.84. The molecule has 0 unspecified atom stereocenters. The number of carbonyl (C=O) groups excluding carboxylic acids is 1.